The number of amides is 1. The van der Waals surface area contributed by atoms with Gasteiger partial charge in [0.15, 0.2) is 11.5 Å². The molecule has 1 amide bonds. The second-order valence-electron chi connectivity index (χ2n) is 5.94. The third-order valence-corrected chi connectivity index (χ3v) is 4.00. The van der Waals surface area contributed by atoms with Gasteiger partial charge in [-0.1, -0.05) is 41.6 Å². The molecule has 4 rings (SSSR count). The van der Waals surface area contributed by atoms with E-state index in [2.05, 4.69) is 10.1 Å². The molecule has 0 fully saturated rings. The highest BCUT2D eigenvalue weighted by Crippen LogP contribution is 2.27. The molecule has 1 aliphatic heterocycles. The Hall–Kier alpha value is -3.69. The fourth-order valence-corrected chi connectivity index (χ4v) is 2.66. The molecule has 0 saturated carbocycles. The second-order valence-corrected chi connectivity index (χ2v) is 5.94. The predicted molar refractivity (Wildman–Crippen MR) is 95.2 cm³/mol. The predicted octanol–water partition coefficient (Wildman–Crippen LogP) is 3.57. The molecular weight excluding hydrogens is 391 g/mol. The minimum Gasteiger partial charge on any atom is -0.475 e. The average Bonchev–Trinajstić information content (AvgIpc) is 3.35. The van der Waals surface area contributed by atoms with E-state index in [0.29, 0.717) is 18.0 Å². The maximum absolute atomic E-state index is 12.6. The number of rotatable bonds is 2. The molecule has 0 radical (unpaired) electrons. The van der Waals surface area contributed by atoms with Crippen molar-refractivity contribution in [2.45, 2.75) is 12.6 Å². The van der Waals surface area contributed by atoms with Gasteiger partial charge in [0.2, 0.25) is 0 Å². The standard InChI is InChI=1S/C17H13N3O2.C2HF3O2/c21-17(20-10-8-13-7-4-9-18-16(13)20)14-11-15(22-19-14)12-5-2-1-3-6-12;3-2(4,5)1(6)7/h1-7,9,11H,8,10H2;(H,6,7). The van der Waals surface area contributed by atoms with E-state index in [1.54, 1.807) is 17.2 Å². The number of benzene rings is 1. The molecule has 0 spiro atoms. The van der Waals surface area contributed by atoms with Crippen molar-refractivity contribution < 1.29 is 32.4 Å². The topological polar surface area (TPSA) is 96.5 Å². The van der Waals surface area contributed by atoms with E-state index in [1.165, 1.54) is 0 Å². The summed E-state index contributed by atoms with van der Waals surface area (Å²) in [4.78, 5) is 27.5. The molecule has 0 saturated heterocycles. The van der Waals surface area contributed by atoms with Crippen LogP contribution in [0.25, 0.3) is 11.3 Å². The molecule has 3 heterocycles. The van der Waals surface area contributed by atoms with Gasteiger partial charge < -0.3 is 9.63 Å². The summed E-state index contributed by atoms with van der Waals surface area (Å²) in [6.45, 7) is 0.624. The highest BCUT2D eigenvalue weighted by Gasteiger charge is 2.38. The molecule has 1 aliphatic rings. The highest BCUT2D eigenvalue weighted by atomic mass is 19.4. The molecule has 10 heteroatoms. The number of hydrogen-bond donors (Lipinski definition) is 1. The molecule has 1 N–H and O–H groups in total. The van der Waals surface area contributed by atoms with Crippen molar-refractivity contribution in [2.75, 3.05) is 11.4 Å². The Bertz CT molecular complexity index is 1020. The first-order valence-corrected chi connectivity index (χ1v) is 8.35. The lowest BCUT2D eigenvalue weighted by atomic mass is 10.1. The fourth-order valence-electron chi connectivity index (χ4n) is 2.66. The van der Waals surface area contributed by atoms with Crippen molar-refractivity contribution in [1.82, 2.24) is 10.1 Å². The Morgan fingerprint density at radius 3 is 2.45 bits per heavy atom. The molecule has 0 aliphatic carbocycles. The maximum Gasteiger partial charge on any atom is 0.490 e. The van der Waals surface area contributed by atoms with Crippen LogP contribution >= 0.6 is 0 Å². The number of carbonyl (C=O) groups is 2. The SMILES string of the molecule is O=C(O)C(F)(F)F.O=C(c1cc(-c2ccccc2)on1)N1CCc2cccnc21. The van der Waals surface area contributed by atoms with Gasteiger partial charge in [0.1, 0.15) is 5.82 Å². The summed E-state index contributed by atoms with van der Waals surface area (Å²) in [6, 6.07) is 15.2. The summed E-state index contributed by atoms with van der Waals surface area (Å²) in [6.07, 6.45) is -2.57. The molecule has 150 valence electrons. The zero-order valence-electron chi connectivity index (χ0n) is 14.8. The van der Waals surface area contributed by atoms with E-state index >= 15 is 0 Å². The van der Waals surface area contributed by atoms with E-state index in [0.717, 1.165) is 23.4 Å². The lowest BCUT2D eigenvalue weighted by Crippen LogP contribution is -2.29. The van der Waals surface area contributed by atoms with Gasteiger partial charge >= 0.3 is 12.1 Å². The number of anilines is 1. The van der Waals surface area contributed by atoms with Crippen LogP contribution in [0.1, 0.15) is 16.1 Å². The van der Waals surface area contributed by atoms with E-state index in [-0.39, 0.29) is 5.91 Å². The van der Waals surface area contributed by atoms with Gasteiger partial charge in [-0.25, -0.2) is 9.78 Å². The summed E-state index contributed by atoms with van der Waals surface area (Å²) in [5.41, 5.74) is 2.29. The Labute approximate surface area is 162 Å². The van der Waals surface area contributed by atoms with Crippen molar-refractivity contribution in [3.63, 3.8) is 0 Å². The van der Waals surface area contributed by atoms with Gasteiger partial charge in [-0.15, -0.1) is 0 Å². The van der Waals surface area contributed by atoms with Gasteiger partial charge in [-0.05, 0) is 18.1 Å². The van der Waals surface area contributed by atoms with Crippen LogP contribution in [-0.2, 0) is 11.2 Å². The van der Waals surface area contributed by atoms with Gasteiger partial charge in [0.05, 0.1) is 0 Å². The first-order chi connectivity index (χ1) is 13.8. The number of carboxylic acids is 1. The summed E-state index contributed by atoms with van der Waals surface area (Å²) < 4.78 is 37.0. The van der Waals surface area contributed by atoms with Crippen LogP contribution in [0.3, 0.4) is 0 Å². The van der Waals surface area contributed by atoms with Crippen LogP contribution in [0.15, 0.2) is 59.3 Å². The lowest BCUT2D eigenvalue weighted by Gasteiger charge is -2.13. The first-order valence-electron chi connectivity index (χ1n) is 8.35. The zero-order valence-corrected chi connectivity index (χ0v) is 14.8. The Balaban J connectivity index is 0.000000298. The van der Waals surface area contributed by atoms with Crippen LogP contribution in [-0.4, -0.2) is 39.8 Å². The fraction of sp³-hybridized carbons (Fsp3) is 0.158. The van der Waals surface area contributed by atoms with Crippen molar-refractivity contribution >= 4 is 17.7 Å². The minimum absolute atomic E-state index is 0.177. The Morgan fingerprint density at radius 2 is 1.79 bits per heavy atom. The first kappa shape index (κ1) is 20.1. The highest BCUT2D eigenvalue weighted by molar-refractivity contribution is 6.05. The normalized spacial score (nSPS) is 12.7. The maximum atomic E-state index is 12.6. The number of fused-ring (bicyclic) bond motifs is 1. The van der Waals surface area contributed by atoms with E-state index < -0.39 is 12.1 Å². The Morgan fingerprint density at radius 1 is 1.10 bits per heavy atom. The molecule has 0 atom stereocenters. The number of aliphatic carboxylic acids is 1. The van der Waals surface area contributed by atoms with E-state index in [4.69, 9.17) is 14.4 Å². The summed E-state index contributed by atoms with van der Waals surface area (Å²) in [5.74, 6) is -1.63. The molecule has 0 unspecified atom stereocenters. The third-order valence-electron chi connectivity index (χ3n) is 4.00. The van der Waals surface area contributed by atoms with Crippen LogP contribution in [0.5, 0.6) is 0 Å². The largest absolute Gasteiger partial charge is 0.490 e. The average molecular weight is 405 g/mol. The van der Waals surface area contributed by atoms with Crippen molar-refractivity contribution in [1.29, 1.82) is 0 Å². The van der Waals surface area contributed by atoms with Crippen LogP contribution in [0.4, 0.5) is 19.0 Å². The molecule has 2 aromatic heterocycles. The monoisotopic (exact) mass is 405 g/mol. The van der Waals surface area contributed by atoms with Gasteiger partial charge in [-0.2, -0.15) is 13.2 Å². The molecular formula is C19H14F3N3O4. The molecule has 1 aromatic carbocycles. The van der Waals surface area contributed by atoms with Crippen molar-refractivity contribution in [3.05, 3.63) is 66.0 Å². The Kier molecular flexibility index (Phi) is 5.62. The molecule has 3 aromatic rings. The number of aromatic nitrogens is 2. The van der Waals surface area contributed by atoms with Gasteiger partial charge in [0.25, 0.3) is 5.91 Å². The lowest BCUT2D eigenvalue weighted by molar-refractivity contribution is -0.192. The number of carbonyl (C=O) groups excluding carboxylic acids is 1. The van der Waals surface area contributed by atoms with Crippen LogP contribution in [0, 0.1) is 0 Å². The summed E-state index contributed by atoms with van der Waals surface area (Å²) in [7, 11) is 0. The molecule has 29 heavy (non-hydrogen) atoms. The van der Waals surface area contributed by atoms with Crippen molar-refractivity contribution in [2.24, 2.45) is 0 Å². The summed E-state index contributed by atoms with van der Waals surface area (Å²) in [5, 5.41) is 11.0. The van der Waals surface area contributed by atoms with Crippen LogP contribution in [0.2, 0.25) is 0 Å². The van der Waals surface area contributed by atoms with Gasteiger partial charge in [-0.3, -0.25) is 9.69 Å². The number of alkyl halides is 3. The number of carboxylic acid groups (broad SMARTS) is 1. The zero-order chi connectivity index (χ0) is 21.0. The second kappa shape index (κ2) is 8.13. The third kappa shape index (κ3) is 4.60. The smallest absolute Gasteiger partial charge is 0.475 e. The number of pyridine rings is 1. The molecule has 0 bridgehead atoms. The van der Waals surface area contributed by atoms with E-state index in [1.807, 2.05) is 42.5 Å². The van der Waals surface area contributed by atoms with Gasteiger partial charge in [0, 0.05) is 24.4 Å². The van der Waals surface area contributed by atoms with Crippen LogP contribution < -0.4 is 4.90 Å². The quantitative estimate of drug-likeness (QED) is 0.700. The van der Waals surface area contributed by atoms with Crippen molar-refractivity contribution in [3.8, 4) is 11.3 Å². The van der Waals surface area contributed by atoms with E-state index in [9.17, 15) is 18.0 Å². The number of hydrogen-bond acceptors (Lipinski definition) is 5. The minimum atomic E-state index is -5.08. The molecule has 7 nitrogen and oxygen atoms in total. The number of halogens is 3. The summed E-state index contributed by atoms with van der Waals surface area (Å²) >= 11 is 0. The number of nitrogens with zero attached hydrogens (tertiary/aromatic N) is 3.